The van der Waals surface area contributed by atoms with Crippen LogP contribution in [-0.2, 0) is 11.3 Å². The molecule has 1 aliphatic carbocycles. The number of carbonyl (C=O) groups excluding carboxylic acids is 1. The summed E-state index contributed by atoms with van der Waals surface area (Å²) < 4.78 is 7.90. The van der Waals surface area contributed by atoms with E-state index < -0.39 is 0 Å². The molecule has 1 aliphatic heterocycles. The van der Waals surface area contributed by atoms with Crippen LogP contribution in [0.15, 0.2) is 30.6 Å². The summed E-state index contributed by atoms with van der Waals surface area (Å²) in [5, 5.41) is 6.14. The average molecular weight is 342 g/mol. The zero-order chi connectivity index (χ0) is 17.4. The highest BCUT2D eigenvalue weighted by Gasteiger charge is 2.59. The second-order valence-corrected chi connectivity index (χ2v) is 7.72. The third-order valence-electron chi connectivity index (χ3n) is 5.78. The first-order chi connectivity index (χ1) is 12.1. The van der Waals surface area contributed by atoms with Crippen molar-refractivity contribution in [1.82, 2.24) is 20.2 Å². The highest BCUT2D eigenvalue weighted by atomic mass is 16.5. The van der Waals surface area contributed by atoms with Crippen molar-refractivity contribution >= 4 is 17.1 Å². The number of nitrogens with one attached hydrogen (secondary N) is 2. The number of imidazole rings is 1. The van der Waals surface area contributed by atoms with Gasteiger partial charge in [0.15, 0.2) is 0 Å². The highest BCUT2D eigenvalue weighted by molar-refractivity contribution is 5.75. The van der Waals surface area contributed by atoms with E-state index in [2.05, 4.69) is 40.1 Å². The molecule has 6 nitrogen and oxygen atoms in total. The lowest BCUT2D eigenvalue weighted by Gasteiger charge is -2.54. The lowest BCUT2D eigenvalue weighted by molar-refractivity contribution is -0.108. The standard InChI is InChI=1S/C19H26N4O2/c1-19(2)16(13-8-11-25-17(13)19)22-18(24)20-9-5-10-23-12-21-14-6-3-4-7-15(14)23/h3-4,6-7,12-13,16-17H,5,8-11H2,1-2H3,(H2,20,22,24). The van der Waals surface area contributed by atoms with Gasteiger partial charge >= 0.3 is 6.03 Å². The fraction of sp³-hybridized carbons (Fsp3) is 0.579. The average Bonchev–Trinajstić information content (AvgIpc) is 3.22. The number of aromatic nitrogens is 2. The first-order valence-corrected chi connectivity index (χ1v) is 9.13. The van der Waals surface area contributed by atoms with Gasteiger partial charge in [0.05, 0.1) is 23.5 Å². The third-order valence-corrected chi connectivity index (χ3v) is 5.78. The van der Waals surface area contributed by atoms with Crippen LogP contribution in [0.25, 0.3) is 11.0 Å². The van der Waals surface area contributed by atoms with E-state index in [1.165, 1.54) is 0 Å². The zero-order valence-electron chi connectivity index (χ0n) is 14.9. The van der Waals surface area contributed by atoms with Crippen LogP contribution in [0.3, 0.4) is 0 Å². The number of carbonyl (C=O) groups is 1. The molecule has 2 aliphatic rings. The molecule has 0 spiro atoms. The number of nitrogens with zero attached hydrogens (tertiary/aromatic N) is 2. The maximum Gasteiger partial charge on any atom is 0.315 e. The Morgan fingerprint density at radius 1 is 1.40 bits per heavy atom. The van der Waals surface area contributed by atoms with Gasteiger partial charge in [-0.1, -0.05) is 26.0 Å². The molecule has 1 saturated heterocycles. The molecule has 1 saturated carbocycles. The van der Waals surface area contributed by atoms with Crippen molar-refractivity contribution in [3.05, 3.63) is 30.6 Å². The fourth-order valence-electron chi connectivity index (χ4n) is 4.45. The number of aryl methyl sites for hydroxylation is 1. The molecule has 6 heteroatoms. The van der Waals surface area contributed by atoms with Gasteiger partial charge in [-0.25, -0.2) is 9.78 Å². The predicted molar refractivity (Wildman–Crippen MR) is 96.3 cm³/mol. The van der Waals surface area contributed by atoms with Crippen LogP contribution in [0, 0.1) is 11.3 Å². The monoisotopic (exact) mass is 342 g/mol. The third kappa shape index (κ3) is 2.88. The van der Waals surface area contributed by atoms with Crippen molar-refractivity contribution in [2.45, 2.75) is 45.4 Å². The second kappa shape index (κ2) is 6.33. The molecular formula is C19H26N4O2. The maximum absolute atomic E-state index is 12.2. The minimum atomic E-state index is -0.0704. The molecule has 3 atom stereocenters. The van der Waals surface area contributed by atoms with Crippen LogP contribution < -0.4 is 10.6 Å². The second-order valence-electron chi connectivity index (χ2n) is 7.72. The summed E-state index contributed by atoms with van der Waals surface area (Å²) in [7, 11) is 0. The molecule has 2 aromatic rings. The van der Waals surface area contributed by atoms with Gasteiger partial charge in [0.1, 0.15) is 0 Å². The van der Waals surface area contributed by atoms with E-state index in [1.807, 2.05) is 24.5 Å². The lowest BCUT2D eigenvalue weighted by Crippen LogP contribution is -2.67. The highest BCUT2D eigenvalue weighted by Crippen LogP contribution is 2.51. The van der Waals surface area contributed by atoms with Crippen LogP contribution in [0.4, 0.5) is 4.79 Å². The Kier molecular flexibility index (Phi) is 4.15. The fourth-order valence-corrected chi connectivity index (χ4v) is 4.45. The van der Waals surface area contributed by atoms with E-state index in [-0.39, 0.29) is 17.5 Å². The number of amides is 2. The van der Waals surface area contributed by atoms with Crippen LogP contribution in [0.1, 0.15) is 26.7 Å². The molecular weight excluding hydrogens is 316 g/mol. The van der Waals surface area contributed by atoms with Crippen molar-refractivity contribution in [1.29, 1.82) is 0 Å². The van der Waals surface area contributed by atoms with Crippen molar-refractivity contribution < 1.29 is 9.53 Å². The van der Waals surface area contributed by atoms with Crippen molar-refractivity contribution in [3.63, 3.8) is 0 Å². The van der Waals surface area contributed by atoms with E-state index in [4.69, 9.17) is 4.74 Å². The Bertz CT molecular complexity index is 770. The topological polar surface area (TPSA) is 68.2 Å². The molecule has 25 heavy (non-hydrogen) atoms. The SMILES string of the molecule is CC1(C)C(NC(=O)NCCCn2cnc3ccccc32)C2CCOC21. The number of para-hydroxylation sites is 2. The van der Waals surface area contributed by atoms with E-state index in [0.29, 0.717) is 18.6 Å². The van der Waals surface area contributed by atoms with Gasteiger partial charge in [-0.05, 0) is 25.0 Å². The van der Waals surface area contributed by atoms with E-state index in [0.717, 1.165) is 37.0 Å². The number of benzene rings is 1. The number of fused-ring (bicyclic) bond motifs is 2. The normalized spacial score (nSPS) is 26.9. The summed E-state index contributed by atoms with van der Waals surface area (Å²) in [6.07, 6.45) is 4.08. The van der Waals surface area contributed by atoms with Gasteiger partial charge in [-0.15, -0.1) is 0 Å². The Morgan fingerprint density at radius 2 is 2.24 bits per heavy atom. The van der Waals surface area contributed by atoms with Gasteiger partial charge in [0.25, 0.3) is 0 Å². The first-order valence-electron chi connectivity index (χ1n) is 9.13. The van der Waals surface area contributed by atoms with Gasteiger partial charge in [0, 0.05) is 37.1 Å². The summed E-state index contributed by atoms with van der Waals surface area (Å²) in [6, 6.07) is 8.23. The Labute approximate surface area is 147 Å². The van der Waals surface area contributed by atoms with Crippen LogP contribution in [-0.4, -0.2) is 40.9 Å². The van der Waals surface area contributed by atoms with Crippen LogP contribution in [0.5, 0.6) is 0 Å². The molecule has 0 radical (unpaired) electrons. The number of ether oxygens (including phenoxy) is 1. The number of hydrogen-bond acceptors (Lipinski definition) is 3. The van der Waals surface area contributed by atoms with E-state index in [1.54, 1.807) is 0 Å². The molecule has 2 N–H and O–H groups in total. The van der Waals surface area contributed by atoms with Gasteiger partial charge < -0.3 is 19.9 Å². The molecule has 0 bridgehead atoms. The number of rotatable bonds is 5. The number of urea groups is 1. The molecule has 2 heterocycles. The zero-order valence-corrected chi connectivity index (χ0v) is 14.9. The van der Waals surface area contributed by atoms with Gasteiger partial charge in [-0.2, -0.15) is 0 Å². The van der Waals surface area contributed by atoms with Gasteiger partial charge in [0.2, 0.25) is 0 Å². The summed E-state index contributed by atoms with van der Waals surface area (Å²) in [5.41, 5.74) is 2.16. The van der Waals surface area contributed by atoms with E-state index in [9.17, 15) is 4.79 Å². The number of hydrogen-bond donors (Lipinski definition) is 2. The maximum atomic E-state index is 12.2. The van der Waals surface area contributed by atoms with Crippen LogP contribution >= 0.6 is 0 Å². The molecule has 2 fully saturated rings. The quantitative estimate of drug-likeness (QED) is 0.821. The molecule has 1 aromatic carbocycles. The summed E-state index contributed by atoms with van der Waals surface area (Å²) >= 11 is 0. The summed E-state index contributed by atoms with van der Waals surface area (Å²) in [6.45, 7) is 6.66. The predicted octanol–water partition coefficient (Wildman–Crippen LogP) is 2.54. The summed E-state index contributed by atoms with van der Waals surface area (Å²) in [5.74, 6) is 0.470. The van der Waals surface area contributed by atoms with Crippen LogP contribution in [0.2, 0.25) is 0 Å². The first kappa shape index (κ1) is 16.4. The molecule has 2 amide bonds. The van der Waals surface area contributed by atoms with Crippen molar-refractivity contribution in [3.8, 4) is 0 Å². The van der Waals surface area contributed by atoms with Gasteiger partial charge in [-0.3, -0.25) is 0 Å². The Morgan fingerprint density at radius 3 is 3.12 bits per heavy atom. The van der Waals surface area contributed by atoms with E-state index >= 15 is 0 Å². The molecule has 1 aromatic heterocycles. The molecule has 3 unspecified atom stereocenters. The molecule has 4 rings (SSSR count). The Hall–Kier alpha value is -2.08. The minimum absolute atomic E-state index is 0.0221. The Balaban J connectivity index is 1.23. The summed E-state index contributed by atoms with van der Waals surface area (Å²) in [4.78, 5) is 16.6. The van der Waals surface area contributed by atoms with Crippen molar-refractivity contribution in [2.24, 2.45) is 11.3 Å². The smallest absolute Gasteiger partial charge is 0.315 e. The largest absolute Gasteiger partial charge is 0.377 e. The van der Waals surface area contributed by atoms with Crippen molar-refractivity contribution in [2.75, 3.05) is 13.2 Å². The lowest BCUT2D eigenvalue weighted by atomic mass is 9.57. The molecule has 134 valence electrons. The minimum Gasteiger partial charge on any atom is -0.377 e.